The van der Waals surface area contributed by atoms with E-state index < -0.39 is 54.3 Å². The summed E-state index contributed by atoms with van der Waals surface area (Å²) in [5.74, 6) is -2.98. The normalized spacial score (nSPS) is 11.6. The summed E-state index contributed by atoms with van der Waals surface area (Å²) in [6.07, 6.45) is 0. The number of nitrogens with one attached hydrogen (secondary N) is 2. The second kappa shape index (κ2) is 18.3. The molecular formula is C31H18CuN6Na2O9S. The Balaban J connectivity index is 0.00000289. The van der Waals surface area contributed by atoms with Crippen molar-refractivity contribution in [2.75, 3.05) is 10.9 Å². The van der Waals surface area contributed by atoms with E-state index >= 15 is 0 Å². The van der Waals surface area contributed by atoms with E-state index in [4.69, 9.17) is 0 Å². The van der Waals surface area contributed by atoms with Crippen molar-refractivity contribution in [1.82, 2.24) is 0 Å². The van der Waals surface area contributed by atoms with Gasteiger partial charge in [-0.2, -0.15) is 20.4 Å². The molecule has 0 unspecified atom stereocenters. The van der Waals surface area contributed by atoms with Gasteiger partial charge in [-0.3, -0.25) is 20.4 Å². The van der Waals surface area contributed by atoms with E-state index in [1.807, 2.05) is 0 Å². The topological polar surface area (TPSA) is 251 Å². The van der Waals surface area contributed by atoms with Crippen LogP contribution in [0.2, 0.25) is 0 Å². The molecule has 0 aliphatic heterocycles. The molecule has 1 radical (unpaired) electrons. The molecule has 50 heavy (non-hydrogen) atoms. The average molecular weight is 760 g/mol. The summed E-state index contributed by atoms with van der Waals surface area (Å²) in [6, 6.07) is 21.8. The standard InChI is InChI=1S/C31H22N6O9S.Cu.2Na/c38-26-12-9-21(15-23(26)31(42)43)34-32-19-5-1-17(2-6-19)18-3-7-20(8-4-18)33-37-29-28(40)14-11-24(30(29)41)35-36-25-16-22(47(44,45)46)10-13-27(25)39;;;/h1-16,33,36,38-39H,(H,42,43)(H,44,45,46);;;/q;+2;2*+1/p-4/b34-32?,35-24+,37-29+;;;. The number of anilines is 2. The van der Waals surface area contributed by atoms with Gasteiger partial charge < -0.3 is 24.7 Å². The summed E-state index contributed by atoms with van der Waals surface area (Å²) in [5, 5.41) is 49.5. The van der Waals surface area contributed by atoms with Crippen molar-refractivity contribution in [3.8, 4) is 22.6 Å². The van der Waals surface area contributed by atoms with Crippen LogP contribution in [0, 0.1) is 0 Å². The number of hydrogen-bond acceptors (Lipinski definition) is 15. The van der Waals surface area contributed by atoms with Crippen molar-refractivity contribution in [2.45, 2.75) is 4.90 Å². The SMILES string of the molecule is O=C([O-])c1cc(N=Nc2ccc(-c3ccc(N/N=c4\c(=O)cc/c(=N\Nc5cc(S(=O)(=O)[O-])ccc5[O-])c4=O)cc3)cc2)ccc1[O-].[Cu+2].[Na+].[Na+]. The maximum absolute atomic E-state index is 12.8. The molecule has 19 heteroatoms. The van der Waals surface area contributed by atoms with Crippen molar-refractivity contribution in [1.29, 1.82) is 0 Å². The molecule has 2 N–H and O–H groups in total. The molecule has 0 heterocycles. The summed E-state index contributed by atoms with van der Waals surface area (Å²) in [6.45, 7) is 0. The number of carbonyl (C=O) groups is 1. The third-order valence-electron chi connectivity index (χ3n) is 6.46. The van der Waals surface area contributed by atoms with Crippen molar-refractivity contribution in [2.24, 2.45) is 20.4 Å². The third-order valence-corrected chi connectivity index (χ3v) is 7.29. The Kier molecular flexibility index (Phi) is 15.4. The summed E-state index contributed by atoms with van der Waals surface area (Å²) in [5.41, 5.74) is 5.11. The Labute approximate surface area is 337 Å². The van der Waals surface area contributed by atoms with Gasteiger partial charge in [-0.25, -0.2) is 8.42 Å². The maximum Gasteiger partial charge on any atom is 2.00 e. The minimum Gasteiger partial charge on any atom is -0.872 e. The Bertz CT molecular complexity index is 2390. The molecule has 0 saturated carbocycles. The fraction of sp³-hybridized carbons (Fsp3) is 0. The summed E-state index contributed by atoms with van der Waals surface area (Å²) in [4.78, 5) is 35.6. The first kappa shape index (κ1) is 42.2. The van der Waals surface area contributed by atoms with Crippen molar-refractivity contribution < 1.29 is 109 Å². The van der Waals surface area contributed by atoms with Crippen LogP contribution in [0.1, 0.15) is 10.4 Å². The first-order chi connectivity index (χ1) is 22.4. The monoisotopic (exact) mass is 759 g/mol. The summed E-state index contributed by atoms with van der Waals surface area (Å²) < 4.78 is 33.7. The van der Waals surface area contributed by atoms with Crippen LogP contribution < -0.4 is 107 Å². The summed E-state index contributed by atoms with van der Waals surface area (Å²) in [7, 11) is -4.84. The van der Waals surface area contributed by atoms with Gasteiger partial charge in [-0.05, 0) is 77.4 Å². The van der Waals surface area contributed by atoms with E-state index in [2.05, 4.69) is 31.3 Å². The van der Waals surface area contributed by atoms with Crippen LogP contribution in [0.4, 0.5) is 22.7 Å². The van der Waals surface area contributed by atoms with Crippen LogP contribution >= 0.6 is 0 Å². The molecule has 0 spiro atoms. The first-order valence-corrected chi connectivity index (χ1v) is 14.7. The van der Waals surface area contributed by atoms with Gasteiger partial charge in [-0.1, -0.05) is 47.9 Å². The average Bonchev–Trinajstić information content (AvgIpc) is 3.04. The second-order valence-electron chi connectivity index (χ2n) is 9.61. The Morgan fingerprint density at radius 3 is 1.88 bits per heavy atom. The molecule has 0 aliphatic carbocycles. The molecule has 0 aliphatic rings. The largest absolute Gasteiger partial charge is 2.00 e. The molecule has 5 aromatic rings. The minimum atomic E-state index is -4.84. The molecule has 0 saturated heterocycles. The minimum absolute atomic E-state index is 0. The van der Waals surface area contributed by atoms with E-state index in [1.54, 1.807) is 48.5 Å². The molecule has 5 rings (SSSR count). The zero-order chi connectivity index (χ0) is 33.7. The number of carbonyl (C=O) groups excluding carboxylic acids is 1. The Morgan fingerprint density at radius 1 is 0.680 bits per heavy atom. The van der Waals surface area contributed by atoms with Crippen LogP contribution in [-0.2, 0) is 27.2 Å². The predicted molar refractivity (Wildman–Crippen MR) is 160 cm³/mol. The maximum atomic E-state index is 12.8. The van der Waals surface area contributed by atoms with Crippen LogP contribution in [0.5, 0.6) is 11.5 Å². The molecule has 0 atom stereocenters. The van der Waals surface area contributed by atoms with Crippen LogP contribution in [-0.4, -0.2) is 18.9 Å². The number of rotatable bonds is 9. The van der Waals surface area contributed by atoms with Crippen molar-refractivity contribution in [3.63, 3.8) is 0 Å². The third kappa shape index (κ3) is 10.5. The number of aromatic carboxylic acids is 1. The van der Waals surface area contributed by atoms with Crippen LogP contribution in [0.15, 0.2) is 132 Å². The van der Waals surface area contributed by atoms with Gasteiger partial charge in [0.15, 0.2) is 5.36 Å². The Morgan fingerprint density at radius 2 is 1.26 bits per heavy atom. The molecule has 245 valence electrons. The Hall–Kier alpha value is -4.00. The molecule has 0 fully saturated rings. The van der Waals surface area contributed by atoms with E-state index in [0.717, 1.165) is 53.6 Å². The number of azo groups is 1. The van der Waals surface area contributed by atoms with Gasteiger partial charge in [-0.15, -0.1) is 0 Å². The summed E-state index contributed by atoms with van der Waals surface area (Å²) >= 11 is 0. The van der Waals surface area contributed by atoms with Gasteiger partial charge in [0, 0.05) is 5.69 Å². The molecule has 0 bridgehead atoms. The van der Waals surface area contributed by atoms with Gasteiger partial charge in [0.1, 0.15) is 15.5 Å². The van der Waals surface area contributed by atoms with E-state index in [0.29, 0.717) is 11.4 Å². The molecular weight excluding hydrogens is 742 g/mol. The molecule has 5 aromatic carbocycles. The van der Waals surface area contributed by atoms with E-state index in [9.17, 15) is 42.7 Å². The predicted octanol–water partition coefficient (Wildman–Crippen LogP) is -5.36. The molecule has 15 nitrogen and oxygen atoms in total. The zero-order valence-electron chi connectivity index (χ0n) is 25.9. The fourth-order valence-corrected chi connectivity index (χ4v) is 4.54. The van der Waals surface area contributed by atoms with Crippen molar-refractivity contribution >= 4 is 38.8 Å². The first-order valence-electron chi connectivity index (χ1n) is 13.2. The van der Waals surface area contributed by atoms with E-state index in [1.165, 1.54) is 6.07 Å². The number of nitrogens with zero attached hydrogens (tertiary/aromatic N) is 4. The number of benzene rings is 5. The molecule has 0 amide bonds. The van der Waals surface area contributed by atoms with E-state index in [-0.39, 0.29) is 92.9 Å². The fourth-order valence-electron chi connectivity index (χ4n) is 4.04. The number of carboxylic acid groups (broad SMARTS) is 1. The zero-order valence-corrected chi connectivity index (χ0v) is 31.7. The number of hydrogen-bond donors (Lipinski definition) is 2. The van der Waals surface area contributed by atoms with Gasteiger partial charge in [0.05, 0.1) is 27.9 Å². The second-order valence-corrected chi connectivity index (χ2v) is 11.0. The van der Waals surface area contributed by atoms with Crippen molar-refractivity contribution in [3.05, 3.63) is 134 Å². The van der Waals surface area contributed by atoms with Gasteiger partial charge in [0.25, 0.3) is 0 Å². The molecule has 0 aromatic heterocycles. The van der Waals surface area contributed by atoms with Gasteiger partial charge >= 0.3 is 76.2 Å². The quantitative estimate of drug-likeness (QED) is 0.0621. The van der Waals surface area contributed by atoms with Crippen LogP contribution in [0.3, 0.4) is 0 Å². The smallest absolute Gasteiger partial charge is 0.872 e. The van der Waals surface area contributed by atoms with Crippen LogP contribution in [0.25, 0.3) is 11.1 Å². The number of carboxylic acids is 1. The van der Waals surface area contributed by atoms with Gasteiger partial charge in [0.2, 0.25) is 10.9 Å².